The van der Waals surface area contributed by atoms with Crippen molar-refractivity contribution in [3.63, 3.8) is 0 Å². The third kappa shape index (κ3) is 2.79. The van der Waals surface area contributed by atoms with E-state index in [2.05, 4.69) is 60.1 Å². The summed E-state index contributed by atoms with van der Waals surface area (Å²) in [6.45, 7) is 8.20. The largest absolute Gasteiger partial charge is 0.310 e. The Bertz CT molecular complexity index is 486. The molecule has 0 radical (unpaired) electrons. The van der Waals surface area contributed by atoms with Crippen molar-refractivity contribution >= 4 is 0 Å². The molecule has 1 aromatic carbocycles. The molecule has 3 heteroatoms. The summed E-state index contributed by atoms with van der Waals surface area (Å²) in [6, 6.07) is 11.0. The summed E-state index contributed by atoms with van der Waals surface area (Å²) in [6.07, 6.45) is 1.97. The summed E-state index contributed by atoms with van der Waals surface area (Å²) in [5.41, 5.74) is 3.72. The van der Waals surface area contributed by atoms with Crippen LogP contribution in [-0.2, 0) is 13.1 Å². The fourth-order valence-electron chi connectivity index (χ4n) is 2.04. The van der Waals surface area contributed by atoms with Crippen LogP contribution in [-0.4, -0.2) is 15.8 Å². The zero-order chi connectivity index (χ0) is 13.0. The molecule has 0 saturated heterocycles. The Hall–Kier alpha value is -1.61. The third-order valence-corrected chi connectivity index (χ3v) is 2.96. The van der Waals surface area contributed by atoms with Crippen LogP contribution in [0.15, 0.2) is 36.5 Å². The second-order valence-electron chi connectivity index (χ2n) is 4.74. The van der Waals surface area contributed by atoms with Gasteiger partial charge < -0.3 is 5.32 Å². The molecule has 18 heavy (non-hydrogen) atoms. The Morgan fingerprint density at radius 2 is 1.94 bits per heavy atom. The molecule has 2 aromatic rings. The first-order chi connectivity index (χ1) is 8.72. The van der Waals surface area contributed by atoms with Crippen LogP contribution in [0.2, 0.25) is 0 Å². The maximum atomic E-state index is 4.47. The van der Waals surface area contributed by atoms with Crippen molar-refractivity contribution < 1.29 is 0 Å². The standard InChI is InChI=1S/C15H21N3/c1-4-18-15(13-8-6-5-7-9-13)14(11-17-18)10-16-12(2)3/h5-9,11-12,16H,4,10H2,1-3H3. The first kappa shape index (κ1) is 12.8. The van der Waals surface area contributed by atoms with Gasteiger partial charge in [-0.05, 0) is 6.92 Å². The van der Waals surface area contributed by atoms with E-state index in [0.29, 0.717) is 6.04 Å². The maximum absolute atomic E-state index is 4.47. The molecule has 0 bridgehead atoms. The summed E-state index contributed by atoms with van der Waals surface area (Å²) in [5, 5.41) is 7.92. The highest BCUT2D eigenvalue weighted by Crippen LogP contribution is 2.23. The van der Waals surface area contributed by atoms with E-state index in [0.717, 1.165) is 13.1 Å². The van der Waals surface area contributed by atoms with Gasteiger partial charge in [-0.2, -0.15) is 5.10 Å². The number of rotatable bonds is 5. The van der Waals surface area contributed by atoms with Gasteiger partial charge in [-0.25, -0.2) is 0 Å². The predicted molar refractivity (Wildman–Crippen MR) is 75.3 cm³/mol. The van der Waals surface area contributed by atoms with Crippen LogP contribution in [0.25, 0.3) is 11.3 Å². The van der Waals surface area contributed by atoms with Crippen LogP contribution in [0.5, 0.6) is 0 Å². The molecule has 0 aliphatic rings. The monoisotopic (exact) mass is 243 g/mol. The van der Waals surface area contributed by atoms with E-state index in [9.17, 15) is 0 Å². The van der Waals surface area contributed by atoms with Crippen LogP contribution in [0, 0.1) is 0 Å². The molecule has 0 unspecified atom stereocenters. The number of nitrogens with zero attached hydrogens (tertiary/aromatic N) is 2. The van der Waals surface area contributed by atoms with Crippen molar-refractivity contribution in [2.45, 2.75) is 39.9 Å². The number of hydrogen-bond acceptors (Lipinski definition) is 2. The fraction of sp³-hybridized carbons (Fsp3) is 0.400. The van der Waals surface area contributed by atoms with E-state index in [1.807, 2.05) is 12.3 Å². The minimum atomic E-state index is 0.485. The van der Waals surface area contributed by atoms with Crippen molar-refractivity contribution in [2.24, 2.45) is 0 Å². The fourth-order valence-corrected chi connectivity index (χ4v) is 2.04. The minimum absolute atomic E-state index is 0.485. The van der Waals surface area contributed by atoms with Crippen molar-refractivity contribution in [1.29, 1.82) is 0 Å². The van der Waals surface area contributed by atoms with E-state index in [1.54, 1.807) is 0 Å². The van der Waals surface area contributed by atoms with Crippen LogP contribution >= 0.6 is 0 Å². The van der Waals surface area contributed by atoms with Gasteiger partial charge in [0.05, 0.1) is 11.9 Å². The van der Waals surface area contributed by atoms with Crippen LogP contribution in [0.4, 0.5) is 0 Å². The average molecular weight is 243 g/mol. The lowest BCUT2D eigenvalue weighted by Gasteiger charge is -2.11. The molecule has 1 heterocycles. The molecule has 0 amide bonds. The van der Waals surface area contributed by atoms with E-state index >= 15 is 0 Å². The molecule has 1 aromatic heterocycles. The molecule has 0 aliphatic carbocycles. The molecule has 0 aliphatic heterocycles. The van der Waals surface area contributed by atoms with Crippen molar-refractivity contribution in [3.05, 3.63) is 42.1 Å². The first-order valence-electron chi connectivity index (χ1n) is 6.55. The molecule has 1 N–H and O–H groups in total. The summed E-state index contributed by atoms with van der Waals surface area (Å²) in [4.78, 5) is 0. The number of hydrogen-bond donors (Lipinski definition) is 1. The number of aromatic nitrogens is 2. The molecule has 3 nitrogen and oxygen atoms in total. The maximum Gasteiger partial charge on any atom is 0.0727 e. The number of aryl methyl sites for hydroxylation is 1. The van der Waals surface area contributed by atoms with Crippen molar-refractivity contribution in [1.82, 2.24) is 15.1 Å². The number of benzene rings is 1. The Labute approximate surface area is 109 Å². The summed E-state index contributed by atoms with van der Waals surface area (Å²) < 4.78 is 2.06. The Kier molecular flexibility index (Phi) is 4.15. The van der Waals surface area contributed by atoms with Gasteiger partial charge in [-0.3, -0.25) is 4.68 Å². The summed E-state index contributed by atoms with van der Waals surface area (Å²) >= 11 is 0. The van der Waals surface area contributed by atoms with Gasteiger partial charge in [0.25, 0.3) is 0 Å². The predicted octanol–water partition coefficient (Wildman–Crippen LogP) is 3.07. The van der Waals surface area contributed by atoms with Gasteiger partial charge >= 0.3 is 0 Å². The van der Waals surface area contributed by atoms with Gasteiger partial charge in [-0.15, -0.1) is 0 Å². The lowest BCUT2D eigenvalue weighted by molar-refractivity contribution is 0.588. The van der Waals surface area contributed by atoms with Gasteiger partial charge in [0.15, 0.2) is 0 Å². The van der Waals surface area contributed by atoms with Gasteiger partial charge in [0, 0.05) is 30.3 Å². The van der Waals surface area contributed by atoms with Crippen molar-refractivity contribution in [3.8, 4) is 11.3 Å². The quantitative estimate of drug-likeness (QED) is 0.874. The molecular weight excluding hydrogens is 222 g/mol. The van der Waals surface area contributed by atoms with Crippen molar-refractivity contribution in [2.75, 3.05) is 0 Å². The minimum Gasteiger partial charge on any atom is -0.310 e. The highest BCUT2D eigenvalue weighted by molar-refractivity contribution is 5.63. The summed E-state index contributed by atoms with van der Waals surface area (Å²) in [7, 11) is 0. The normalized spacial score (nSPS) is 11.1. The SMILES string of the molecule is CCn1ncc(CNC(C)C)c1-c1ccccc1. The second-order valence-corrected chi connectivity index (χ2v) is 4.74. The molecular formula is C15H21N3. The molecule has 0 atom stereocenters. The van der Waals surface area contributed by atoms with E-state index in [4.69, 9.17) is 0 Å². The zero-order valence-electron chi connectivity index (χ0n) is 11.4. The molecule has 96 valence electrons. The third-order valence-electron chi connectivity index (χ3n) is 2.96. The van der Waals surface area contributed by atoms with Gasteiger partial charge in [0.2, 0.25) is 0 Å². The first-order valence-corrected chi connectivity index (χ1v) is 6.55. The van der Waals surface area contributed by atoms with E-state index < -0.39 is 0 Å². The lowest BCUT2D eigenvalue weighted by Crippen LogP contribution is -2.22. The van der Waals surface area contributed by atoms with E-state index in [1.165, 1.54) is 16.8 Å². The topological polar surface area (TPSA) is 29.9 Å². The Morgan fingerprint density at radius 3 is 2.56 bits per heavy atom. The number of nitrogens with one attached hydrogen (secondary N) is 1. The lowest BCUT2D eigenvalue weighted by atomic mass is 10.1. The molecule has 0 spiro atoms. The highest BCUT2D eigenvalue weighted by atomic mass is 15.3. The van der Waals surface area contributed by atoms with E-state index in [-0.39, 0.29) is 0 Å². The second kappa shape index (κ2) is 5.83. The summed E-state index contributed by atoms with van der Waals surface area (Å²) in [5.74, 6) is 0. The van der Waals surface area contributed by atoms with Gasteiger partial charge in [-0.1, -0.05) is 44.2 Å². The average Bonchev–Trinajstić information content (AvgIpc) is 2.80. The molecule has 2 rings (SSSR count). The molecule has 0 saturated carbocycles. The smallest absolute Gasteiger partial charge is 0.0727 e. The highest BCUT2D eigenvalue weighted by Gasteiger charge is 2.11. The van der Waals surface area contributed by atoms with Crippen LogP contribution in [0.1, 0.15) is 26.3 Å². The zero-order valence-corrected chi connectivity index (χ0v) is 11.4. The van der Waals surface area contributed by atoms with Crippen LogP contribution in [0.3, 0.4) is 0 Å². The van der Waals surface area contributed by atoms with Gasteiger partial charge in [0.1, 0.15) is 0 Å². The Morgan fingerprint density at radius 1 is 1.22 bits per heavy atom. The van der Waals surface area contributed by atoms with Crippen LogP contribution < -0.4 is 5.32 Å². The Balaban J connectivity index is 2.34. The molecule has 0 fully saturated rings.